The lowest BCUT2D eigenvalue weighted by atomic mass is 10.1. The van der Waals surface area contributed by atoms with Crippen molar-refractivity contribution >= 4 is 17.3 Å². The number of anilines is 2. The minimum Gasteiger partial charge on any atom is -0.371 e. The summed E-state index contributed by atoms with van der Waals surface area (Å²) in [7, 11) is 0. The Hall–Kier alpha value is -2.36. The quantitative estimate of drug-likeness (QED) is 0.932. The third-order valence-electron chi connectivity index (χ3n) is 3.70. The maximum atomic E-state index is 12.9. The molecule has 2 aromatic carbocycles. The van der Waals surface area contributed by atoms with Crippen molar-refractivity contribution < 1.29 is 9.18 Å². The maximum absolute atomic E-state index is 12.9. The largest absolute Gasteiger partial charge is 0.371 e. The first-order valence-electron chi connectivity index (χ1n) is 7.15. The summed E-state index contributed by atoms with van der Waals surface area (Å²) >= 11 is 0. The van der Waals surface area contributed by atoms with Gasteiger partial charge in [-0.05, 0) is 49.2 Å². The van der Waals surface area contributed by atoms with Gasteiger partial charge in [-0.2, -0.15) is 0 Å². The number of carbonyl (C=O) groups is 1. The summed E-state index contributed by atoms with van der Waals surface area (Å²) in [6.45, 7) is 1.97. The van der Waals surface area contributed by atoms with Gasteiger partial charge >= 0.3 is 0 Å². The van der Waals surface area contributed by atoms with Crippen molar-refractivity contribution in [2.45, 2.75) is 12.8 Å². The van der Waals surface area contributed by atoms with Gasteiger partial charge < -0.3 is 10.2 Å². The lowest BCUT2D eigenvalue weighted by Crippen LogP contribution is -2.22. The summed E-state index contributed by atoms with van der Waals surface area (Å²) in [5.41, 5.74) is 2.22. The van der Waals surface area contributed by atoms with Crippen LogP contribution in [0.25, 0.3) is 0 Å². The Labute approximate surface area is 123 Å². The van der Waals surface area contributed by atoms with E-state index < -0.39 is 0 Å². The summed E-state index contributed by atoms with van der Waals surface area (Å²) in [6.07, 6.45) is 2.32. The number of nitrogens with zero attached hydrogens (tertiary/aromatic N) is 1. The van der Waals surface area contributed by atoms with Gasteiger partial charge in [0.2, 0.25) is 0 Å². The summed E-state index contributed by atoms with van der Waals surface area (Å²) in [5.74, 6) is -0.477. The molecule has 0 bridgehead atoms. The Kier molecular flexibility index (Phi) is 3.86. The van der Waals surface area contributed by atoms with E-state index >= 15 is 0 Å². The smallest absolute Gasteiger partial charge is 0.257 e. The van der Waals surface area contributed by atoms with Crippen LogP contribution in [0.2, 0.25) is 0 Å². The molecule has 1 fully saturated rings. The molecule has 1 aliphatic rings. The van der Waals surface area contributed by atoms with Crippen molar-refractivity contribution in [2.75, 3.05) is 23.3 Å². The van der Waals surface area contributed by atoms with E-state index in [4.69, 9.17) is 0 Å². The fourth-order valence-electron chi connectivity index (χ4n) is 2.63. The van der Waals surface area contributed by atoms with Crippen molar-refractivity contribution in [3.63, 3.8) is 0 Å². The lowest BCUT2D eigenvalue weighted by Gasteiger charge is -2.20. The molecule has 108 valence electrons. The molecule has 0 saturated carbocycles. The van der Waals surface area contributed by atoms with Gasteiger partial charge in [-0.15, -0.1) is 0 Å². The molecule has 0 atom stereocenters. The van der Waals surface area contributed by atoms with Crippen LogP contribution >= 0.6 is 0 Å². The van der Waals surface area contributed by atoms with Crippen LogP contribution in [0, 0.1) is 5.82 Å². The van der Waals surface area contributed by atoms with E-state index in [1.54, 1.807) is 12.1 Å². The topological polar surface area (TPSA) is 32.3 Å². The van der Waals surface area contributed by atoms with Gasteiger partial charge in [-0.25, -0.2) is 4.39 Å². The number of nitrogens with one attached hydrogen (secondary N) is 1. The number of benzene rings is 2. The fourth-order valence-corrected chi connectivity index (χ4v) is 2.63. The number of amides is 1. The van der Waals surface area contributed by atoms with Crippen LogP contribution in [-0.2, 0) is 0 Å². The monoisotopic (exact) mass is 284 g/mol. The van der Waals surface area contributed by atoms with Crippen molar-refractivity contribution in [2.24, 2.45) is 0 Å². The maximum Gasteiger partial charge on any atom is 0.257 e. The van der Waals surface area contributed by atoms with Gasteiger partial charge in [0.15, 0.2) is 0 Å². The molecule has 0 aromatic heterocycles. The first-order valence-corrected chi connectivity index (χ1v) is 7.15. The van der Waals surface area contributed by atoms with Crippen molar-refractivity contribution in [3.8, 4) is 0 Å². The summed E-state index contributed by atoms with van der Waals surface area (Å²) in [6, 6.07) is 13.4. The van der Waals surface area contributed by atoms with Crippen LogP contribution in [0.4, 0.5) is 15.8 Å². The molecule has 1 N–H and O–H groups in total. The molecule has 4 heteroatoms. The highest BCUT2D eigenvalue weighted by Gasteiger charge is 2.19. The molecule has 1 saturated heterocycles. The second-order valence-electron chi connectivity index (χ2n) is 5.17. The van der Waals surface area contributed by atoms with Crippen LogP contribution in [0.15, 0.2) is 48.5 Å². The number of hydrogen-bond donors (Lipinski definition) is 1. The predicted octanol–water partition coefficient (Wildman–Crippen LogP) is 3.68. The van der Waals surface area contributed by atoms with Crippen LogP contribution in [-0.4, -0.2) is 19.0 Å². The average Bonchev–Trinajstić information content (AvgIpc) is 3.04. The van der Waals surface area contributed by atoms with E-state index in [-0.39, 0.29) is 11.7 Å². The molecule has 3 nitrogen and oxygen atoms in total. The Morgan fingerprint density at radius 3 is 2.38 bits per heavy atom. The summed E-state index contributed by atoms with van der Waals surface area (Å²) < 4.78 is 12.9. The fraction of sp³-hybridized carbons (Fsp3) is 0.235. The third-order valence-corrected chi connectivity index (χ3v) is 3.70. The third kappa shape index (κ3) is 3.05. The zero-order valence-corrected chi connectivity index (χ0v) is 11.7. The molecule has 3 rings (SSSR count). The summed E-state index contributed by atoms with van der Waals surface area (Å²) in [5, 5.41) is 2.82. The predicted molar refractivity (Wildman–Crippen MR) is 82.2 cm³/mol. The molecule has 0 spiro atoms. The van der Waals surface area contributed by atoms with Gasteiger partial charge in [0, 0.05) is 24.5 Å². The number of halogens is 1. The zero-order valence-electron chi connectivity index (χ0n) is 11.7. The molecule has 1 aliphatic heterocycles. The second kappa shape index (κ2) is 5.95. The number of carbonyl (C=O) groups excluding carboxylic acids is 1. The minimum absolute atomic E-state index is 0.163. The standard InChI is InChI=1S/C17H17FN2O/c18-13-7-9-14(10-8-13)19-17(21)15-5-1-2-6-16(15)20-11-3-4-12-20/h1-2,5-10H,3-4,11-12H2,(H,19,21). The van der Waals surface area contributed by atoms with E-state index in [1.807, 2.05) is 24.3 Å². The van der Waals surface area contributed by atoms with Crippen LogP contribution in [0.1, 0.15) is 23.2 Å². The first kappa shape index (κ1) is 13.6. The van der Waals surface area contributed by atoms with Gasteiger partial charge in [0.05, 0.1) is 5.56 Å². The molecule has 1 heterocycles. The highest BCUT2D eigenvalue weighted by molar-refractivity contribution is 6.08. The van der Waals surface area contributed by atoms with Gasteiger partial charge in [0.1, 0.15) is 5.82 Å². The highest BCUT2D eigenvalue weighted by Crippen LogP contribution is 2.25. The molecular formula is C17H17FN2O. The van der Waals surface area contributed by atoms with E-state index in [2.05, 4.69) is 10.2 Å². The van der Waals surface area contributed by atoms with E-state index in [9.17, 15) is 9.18 Å². The Morgan fingerprint density at radius 2 is 1.67 bits per heavy atom. The molecule has 21 heavy (non-hydrogen) atoms. The lowest BCUT2D eigenvalue weighted by molar-refractivity contribution is 0.102. The van der Waals surface area contributed by atoms with E-state index in [0.717, 1.165) is 31.6 Å². The van der Waals surface area contributed by atoms with Crippen molar-refractivity contribution in [1.82, 2.24) is 0 Å². The molecule has 1 amide bonds. The average molecular weight is 284 g/mol. The second-order valence-corrected chi connectivity index (χ2v) is 5.17. The van der Waals surface area contributed by atoms with E-state index in [0.29, 0.717) is 11.3 Å². The Morgan fingerprint density at radius 1 is 1.00 bits per heavy atom. The van der Waals surface area contributed by atoms with Crippen LogP contribution in [0.3, 0.4) is 0 Å². The molecule has 0 aliphatic carbocycles. The van der Waals surface area contributed by atoms with Gasteiger partial charge in [-0.1, -0.05) is 12.1 Å². The number of rotatable bonds is 3. The SMILES string of the molecule is O=C(Nc1ccc(F)cc1)c1ccccc1N1CCCC1. The minimum atomic E-state index is -0.314. The molecule has 0 unspecified atom stereocenters. The van der Waals surface area contributed by atoms with Crippen LogP contribution < -0.4 is 10.2 Å². The first-order chi connectivity index (χ1) is 10.2. The van der Waals surface area contributed by atoms with Crippen molar-refractivity contribution in [3.05, 3.63) is 59.9 Å². The normalized spacial score (nSPS) is 14.2. The number of para-hydroxylation sites is 1. The number of hydrogen-bond acceptors (Lipinski definition) is 2. The summed E-state index contributed by atoms with van der Waals surface area (Å²) in [4.78, 5) is 14.7. The molecule has 0 radical (unpaired) electrons. The molecule has 2 aromatic rings. The Balaban J connectivity index is 1.82. The van der Waals surface area contributed by atoms with E-state index in [1.165, 1.54) is 12.1 Å². The molecular weight excluding hydrogens is 267 g/mol. The van der Waals surface area contributed by atoms with Gasteiger partial charge in [-0.3, -0.25) is 4.79 Å². The van der Waals surface area contributed by atoms with Gasteiger partial charge in [0.25, 0.3) is 5.91 Å². The Bertz CT molecular complexity index is 633. The zero-order chi connectivity index (χ0) is 14.7. The van der Waals surface area contributed by atoms with Crippen molar-refractivity contribution in [1.29, 1.82) is 0 Å². The van der Waals surface area contributed by atoms with Crippen LogP contribution in [0.5, 0.6) is 0 Å². The highest BCUT2D eigenvalue weighted by atomic mass is 19.1.